The Balaban J connectivity index is 1.35. The third-order valence-corrected chi connectivity index (χ3v) is 6.93. The van der Waals surface area contributed by atoms with E-state index in [0.717, 1.165) is 18.0 Å². The lowest BCUT2D eigenvalue weighted by atomic mass is 10.2. The zero-order chi connectivity index (χ0) is 19.5. The van der Waals surface area contributed by atoms with Crippen molar-refractivity contribution in [2.75, 3.05) is 37.6 Å². The average molecular weight is 430 g/mol. The first-order valence-corrected chi connectivity index (χ1v) is 11.1. The number of benzene rings is 1. The Kier molecular flexibility index (Phi) is 5.79. The first-order valence-electron chi connectivity index (χ1n) is 8.98. The summed E-state index contributed by atoms with van der Waals surface area (Å²) < 4.78 is 0.448. The van der Waals surface area contributed by atoms with Crippen LogP contribution in [-0.2, 0) is 9.59 Å². The summed E-state index contributed by atoms with van der Waals surface area (Å²) in [5, 5.41) is 1.96. The lowest BCUT2D eigenvalue weighted by Gasteiger charge is -2.36. The van der Waals surface area contributed by atoms with Crippen molar-refractivity contribution in [3.63, 3.8) is 0 Å². The van der Waals surface area contributed by atoms with Gasteiger partial charge in [-0.1, -0.05) is 48.2 Å². The maximum Gasteiger partial charge on any atom is 0.266 e. The minimum absolute atomic E-state index is 0.0117. The van der Waals surface area contributed by atoms with Gasteiger partial charge in [0.2, 0.25) is 5.91 Å². The van der Waals surface area contributed by atoms with Gasteiger partial charge in [-0.15, -0.1) is 11.3 Å². The van der Waals surface area contributed by atoms with Crippen LogP contribution in [0.4, 0.5) is 5.69 Å². The smallest absolute Gasteiger partial charge is 0.266 e. The van der Waals surface area contributed by atoms with E-state index in [2.05, 4.69) is 17.0 Å². The van der Waals surface area contributed by atoms with Crippen LogP contribution in [0.15, 0.2) is 52.7 Å². The van der Waals surface area contributed by atoms with Gasteiger partial charge in [-0.05, 0) is 29.7 Å². The molecule has 0 aliphatic carbocycles. The zero-order valence-corrected chi connectivity index (χ0v) is 17.6. The molecule has 1 aromatic heterocycles. The van der Waals surface area contributed by atoms with Gasteiger partial charge >= 0.3 is 0 Å². The number of hydrogen-bond acceptors (Lipinski definition) is 6. The quantitative estimate of drug-likeness (QED) is 0.551. The SMILES string of the molecule is O=C(CN1C(=O)/C(=C\c2cccs2)SC1=S)N1CCN(c2ccccc2)CC1. The van der Waals surface area contributed by atoms with Gasteiger partial charge in [0.25, 0.3) is 5.91 Å². The maximum atomic E-state index is 12.7. The van der Waals surface area contributed by atoms with Crippen LogP contribution in [0.25, 0.3) is 6.08 Å². The van der Waals surface area contributed by atoms with Crippen LogP contribution in [0.2, 0.25) is 0 Å². The standard InChI is InChI=1S/C20H19N3O2S3/c24-18(22-10-8-21(9-11-22)15-5-2-1-3-6-15)14-23-19(25)17(28-20(23)26)13-16-7-4-12-27-16/h1-7,12-13H,8-11,14H2/b17-13+. The lowest BCUT2D eigenvalue weighted by Crippen LogP contribution is -2.51. The molecule has 0 radical (unpaired) electrons. The second-order valence-corrected chi connectivity index (χ2v) is 9.14. The molecule has 2 aliphatic rings. The highest BCUT2D eigenvalue weighted by Crippen LogP contribution is 2.33. The van der Waals surface area contributed by atoms with Gasteiger partial charge < -0.3 is 9.80 Å². The summed E-state index contributed by atoms with van der Waals surface area (Å²) in [6, 6.07) is 14.1. The molecule has 8 heteroatoms. The molecule has 0 bridgehead atoms. The van der Waals surface area contributed by atoms with Gasteiger partial charge in [0.15, 0.2) is 0 Å². The molecule has 2 aromatic rings. The van der Waals surface area contributed by atoms with Gasteiger partial charge in [0.1, 0.15) is 10.9 Å². The number of piperazine rings is 1. The first kappa shape index (κ1) is 19.2. The molecule has 0 N–H and O–H groups in total. The fourth-order valence-corrected chi connectivity index (χ4v) is 5.20. The van der Waals surface area contributed by atoms with Crippen LogP contribution in [0.5, 0.6) is 0 Å². The summed E-state index contributed by atoms with van der Waals surface area (Å²) in [4.78, 5) is 32.5. The van der Waals surface area contributed by atoms with Gasteiger partial charge in [0.05, 0.1) is 4.91 Å². The van der Waals surface area contributed by atoms with E-state index in [4.69, 9.17) is 12.2 Å². The number of carbonyl (C=O) groups is 2. The van der Waals surface area contributed by atoms with E-state index in [-0.39, 0.29) is 18.4 Å². The molecule has 144 valence electrons. The molecule has 5 nitrogen and oxygen atoms in total. The number of anilines is 1. The largest absolute Gasteiger partial charge is 0.368 e. The fourth-order valence-electron chi connectivity index (χ4n) is 3.23. The topological polar surface area (TPSA) is 43.9 Å². The summed E-state index contributed by atoms with van der Waals surface area (Å²) >= 11 is 8.17. The molecule has 2 saturated heterocycles. The van der Waals surface area contributed by atoms with Crippen LogP contribution < -0.4 is 4.90 Å². The minimum atomic E-state index is -0.181. The summed E-state index contributed by atoms with van der Waals surface area (Å²) in [5.74, 6) is -0.235. The van der Waals surface area contributed by atoms with Crippen molar-refractivity contribution in [3.05, 3.63) is 57.6 Å². The molecule has 0 saturated carbocycles. The summed E-state index contributed by atoms with van der Waals surface area (Å²) in [5.41, 5.74) is 1.17. The Hall–Kier alpha value is -2.16. The van der Waals surface area contributed by atoms with Crippen molar-refractivity contribution >= 4 is 63.2 Å². The average Bonchev–Trinajstić information content (AvgIpc) is 3.33. The van der Waals surface area contributed by atoms with E-state index in [1.807, 2.05) is 46.7 Å². The predicted octanol–water partition coefficient (Wildman–Crippen LogP) is 3.30. The molecule has 0 unspecified atom stereocenters. The van der Waals surface area contributed by atoms with Gasteiger partial charge in [0, 0.05) is 36.7 Å². The molecule has 2 aliphatic heterocycles. The number of thiocarbonyl (C=S) groups is 1. The molecule has 4 rings (SSSR count). The highest BCUT2D eigenvalue weighted by atomic mass is 32.2. The molecule has 3 heterocycles. The molecule has 28 heavy (non-hydrogen) atoms. The van der Waals surface area contributed by atoms with E-state index in [0.29, 0.717) is 22.3 Å². The molecular weight excluding hydrogens is 410 g/mol. The van der Waals surface area contributed by atoms with E-state index >= 15 is 0 Å². The Morgan fingerprint density at radius 1 is 1.07 bits per heavy atom. The number of carbonyl (C=O) groups excluding carboxylic acids is 2. The van der Waals surface area contributed by atoms with E-state index in [9.17, 15) is 9.59 Å². The van der Waals surface area contributed by atoms with Crippen molar-refractivity contribution in [2.45, 2.75) is 0 Å². The molecule has 2 fully saturated rings. The maximum absolute atomic E-state index is 12.7. The van der Waals surface area contributed by atoms with Crippen molar-refractivity contribution in [3.8, 4) is 0 Å². The van der Waals surface area contributed by atoms with Gasteiger partial charge in [-0.3, -0.25) is 14.5 Å². The number of hydrogen-bond donors (Lipinski definition) is 0. The van der Waals surface area contributed by atoms with Crippen molar-refractivity contribution in [1.82, 2.24) is 9.80 Å². The van der Waals surface area contributed by atoms with Crippen LogP contribution in [0, 0.1) is 0 Å². The molecular formula is C20H19N3O2S3. The van der Waals surface area contributed by atoms with Crippen molar-refractivity contribution < 1.29 is 9.59 Å². The third-order valence-electron chi connectivity index (χ3n) is 4.74. The molecule has 1 aromatic carbocycles. The second-order valence-electron chi connectivity index (χ2n) is 6.49. The highest BCUT2D eigenvalue weighted by molar-refractivity contribution is 8.26. The Morgan fingerprint density at radius 3 is 2.50 bits per heavy atom. The Morgan fingerprint density at radius 2 is 1.82 bits per heavy atom. The van der Waals surface area contributed by atoms with Crippen LogP contribution in [0.3, 0.4) is 0 Å². The number of para-hydroxylation sites is 1. The predicted molar refractivity (Wildman–Crippen MR) is 119 cm³/mol. The van der Waals surface area contributed by atoms with E-state index in [1.54, 1.807) is 11.3 Å². The van der Waals surface area contributed by atoms with Gasteiger partial charge in [-0.2, -0.15) is 0 Å². The van der Waals surface area contributed by atoms with Crippen LogP contribution >= 0.6 is 35.3 Å². The lowest BCUT2D eigenvalue weighted by molar-refractivity contribution is -0.135. The number of rotatable bonds is 4. The van der Waals surface area contributed by atoms with Crippen LogP contribution in [0.1, 0.15) is 4.88 Å². The van der Waals surface area contributed by atoms with Crippen LogP contribution in [-0.4, -0.2) is 58.7 Å². The number of thioether (sulfide) groups is 1. The van der Waals surface area contributed by atoms with Crippen molar-refractivity contribution in [2.24, 2.45) is 0 Å². The normalized spacial score (nSPS) is 19.0. The summed E-state index contributed by atoms with van der Waals surface area (Å²) in [6.45, 7) is 2.87. The second kappa shape index (κ2) is 8.46. The third kappa shape index (κ3) is 4.14. The molecule has 0 spiro atoms. The van der Waals surface area contributed by atoms with Gasteiger partial charge in [-0.25, -0.2) is 0 Å². The Labute approximate surface area is 177 Å². The zero-order valence-electron chi connectivity index (χ0n) is 15.1. The Bertz CT molecular complexity index is 904. The highest BCUT2D eigenvalue weighted by Gasteiger charge is 2.35. The monoisotopic (exact) mass is 429 g/mol. The molecule has 0 atom stereocenters. The number of thiophene rings is 1. The minimum Gasteiger partial charge on any atom is -0.368 e. The summed E-state index contributed by atoms with van der Waals surface area (Å²) in [7, 11) is 0. The number of nitrogens with zero attached hydrogens (tertiary/aromatic N) is 3. The number of amides is 2. The summed E-state index contributed by atoms with van der Waals surface area (Å²) in [6.07, 6.45) is 1.84. The molecule has 2 amide bonds. The fraction of sp³-hybridized carbons (Fsp3) is 0.250. The van der Waals surface area contributed by atoms with E-state index < -0.39 is 0 Å². The van der Waals surface area contributed by atoms with Crippen molar-refractivity contribution in [1.29, 1.82) is 0 Å². The van der Waals surface area contributed by atoms with E-state index in [1.165, 1.54) is 22.3 Å². The first-order chi connectivity index (χ1) is 13.6.